The van der Waals surface area contributed by atoms with Gasteiger partial charge in [0.1, 0.15) is 0 Å². The van der Waals surface area contributed by atoms with Gasteiger partial charge in [-0.1, -0.05) is 30.3 Å². The van der Waals surface area contributed by atoms with Crippen molar-refractivity contribution < 1.29 is 4.74 Å². The Bertz CT molecular complexity index is 503. The molecule has 0 spiro atoms. The molecule has 126 valence electrons. The molecule has 0 aromatic heterocycles. The van der Waals surface area contributed by atoms with E-state index in [1.165, 1.54) is 38.3 Å². The quantitative estimate of drug-likeness (QED) is 0.839. The van der Waals surface area contributed by atoms with Gasteiger partial charge in [-0.25, -0.2) is 0 Å². The summed E-state index contributed by atoms with van der Waals surface area (Å²) in [6.07, 6.45) is 0. The molecule has 1 aromatic rings. The minimum Gasteiger partial charge on any atom is -0.379 e. The molecule has 0 radical (unpaired) electrons. The van der Waals surface area contributed by atoms with Crippen molar-refractivity contribution in [3.8, 4) is 0 Å². The third-order valence-electron chi connectivity index (χ3n) is 5.95. The predicted octanol–water partition coefficient (Wildman–Crippen LogP) is 1.55. The molecule has 4 heteroatoms. The van der Waals surface area contributed by atoms with Crippen LogP contribution in [-0.4, -0.2) is 80.8 Å². The molecule has 0 aliphatic carbocycles. The number of fused-ring (bicyclic) bond motifs is 1. The van der Waals surface area contributed by atoms with Gasteiger partial charge in [-0.2, -0.15) is 0 Å². The summed E-state index contributed by atoms with van der Waals surface area (Å²) in [5.74, 6) is 1.64. The number of ether oxygens (including phenoxy) is 1. The van der Waals surface area contributed by atoms with E-state index in [0.717, 1.165) is 38.1 Å². The summed E-state index contributed by atoms with van der Waals surface area (Å²) in [6, 6.07) is 11.7. The van der Waals surface area contributed by atoms with Gasteiger partial charge in [0.15, 0.2) is 0 Å². The van der Waals surface area contributed by atoms with Crippen LogP contribution in [0.5, 0.6) is 0 Å². The van der Waals surface area contributed by atoms with Crippen LogP contribution in [0.2, 0.25) is 0 Å². The van der Waals surface area contributed by atoms with Crippen LogP contribution in [0.1, 0.15) is 11.6 Å². The number of nitrogens with zero attached hydrogens (tertiary/aromatic N) is 3. The second-order valence-electron chi connectivity index (χ2n) is 7.43. The summed E-state index contributed by atoms with van der Waals surface area (Å²) >= 11 is 0. The Hall–Kier alpha value is -0.940. The molecule has 0 amide bonds. The van der Waals surface area contributed by atoms with E-state index in [4.69, 9.17) is 4.74 Å². The number of rotatable bonds is 4. The van der Waals surface area contributed by atoms with Gasteiger partial charge in [0.05, 0.1) is 13.2 Å². The second kappa shape index (κ2) is 6.89. The van der Waals surface area contributed by atoms with Crippen LogP contribution >= 0.6 is 0 Å². The Morgan fingerprint density at radius 2 is 1.70 bits per heavy atom. The summed E-state index contributed by atoms with van der Waals surface area (Å²) in [4.78, 5) is 7.83. The van der Waals surface area contributed by atoms with E-state index in [2.05, 4.69) is 52.1 Å². The molecule has 4 rings (SSSR count). The minimum absolute atomic E-state index is 0.606. The van der Waals surface area contributed by atoms with Crippen molar-refractivity contribution in [3.63, 3.8) is 0 Å². The highest BCUT2D eigenvalue weighted by Crippen LogP contribution is 2.43. The first kappa shape index (κ1) is 15.6. The first-order valence-electron chi connectivity index (χ1n) is 9.09. The Balaban J connectivity index is 1.35. The summed E-state index contributed by atoms with van der Waals surface area (Å²) < 4.78 is 5.45. The first-order valence-corrected chi connectivity index (χ1v) is 9.09. The summed E-state index contributed by atoms with van der Waals surface area (Å²) in [5, 5.41) is 0. The van der Waals surface area contributed by atoms with E-state index in [1.54, 1.807) is 0 Å². The standard InChI is InChI=1S/C19H29N3O/c1-20-13-17-14-22(8-7-21-9-11-23-12-10-21)15-18(17)19(20)16-5-3-2-4-6-16/h2-6,17-19H,7-15H2,1H3/t17-,18+,19-/m0/s1. The molecule has 3 fully saturated rings. The Labute approximate surface area is 140 Å². The molecular formula is C19H29N3O. The smallest absolute Gasteiger partial charge is 0.0594 e. The molecule has 3 saturated heterocycles. The molecule has 3 aliphatic rings. The van der Waals surface area contributed by atoms with E-state index in [-0.39, 0.29) is 0 Å². The van der Waals surface area contributed by atoms with E-state index >= 15 is 0 Å². The van der Waals surface area contributed by atoms with Gasteiger partial charge in [0.2, 0.25) is 0 Å². The van der Waals surface area contributed by atoms with Crippen molar-refractivity contribution >= 4 is 0 Å². The van der Waals surface area contributed by atoms with Crippen molar-refractivity contribution in [3.05, 3.63) is 35.9 Å². The van der Waals surface area contributed by atoms with Crippen LogP contribution in [-0.2, 0) is 4.74 Å². The van der Waals surface area contributed by atoms with Gasteiger partial charge in [-0.05, 0) is 24.4 Å². The van der Waals surface area contributed by atoms with Crippen molar-refractivity contribution in [2.45, 2.75) is 6.04 Å². The van der Waals surface area contributed by atoms with E-state index in [0.29, 0.717) is 6.04 Å². The van der Waals surface area contributed by atoms with Crippen LogP contribution in [0.4, 0.5) is 0 Å². The Morgan fingerprint density at radius 1 is 0.957 bits per heavy atom. The number of hydrogen-bond donors (Lipinski definition) is 0. The molecule has 3 aliphatic heterocycles. The number of benzene rings is 1. The maximum Gasteiger partial charge on any atom is 0.0594 e. The van der Waals surface area contributed by atoms with Crippen molar-refractivity contribution in [2.24, 2.45) is 11.8 Å². The van der Waals surface area contributed by atoms with Crippen LogP contribution in [0.3, 0.4) is 0 Å². The van der Waals surface area contributed by atoms with Crippen molar-refractivity contribution in [2.75, 3.05) is 66.1 Å². The highest BCUT2D eigenvalue weighted by Gasteiger charge is 2.45. The fourth-order valence-electron chi connectivity index (χ4n) is 4.79. The van der Waals surface area contributed by atoms with Gasteiger partial charge in [0, 0.05) is 51.9 Å². The molecule has 23 heavy (non-hydrogen) atoms. The first-order chi connectivity index (χ1) is 11.3. The largest absolute Gasteiger partial charge is 0.379 e. The molecule has 0 N–H and O–H groups in total. The third kappa shape index (κ3) is 3.31. The van der Waals surface area contributed by atoms with Crippen molar-refractivity contribution in [1.82, 2.24) is 14.7 Å². The maximum atomic E-state index is 5.45. The molecule has 0 unspecified atom stereocenters. The van der Waals surface area contributed by atoms with Crippen LogP contribution in [0, 0.1) is 11.8 Å². The topological polar surface area (TPSA) is 19.0 Å². The van der Waals surface area contributed by atoms with Gasteiger partial charge in [-0.3, -0.25) is 9.80 Å². The molecule has 3 heterocycles. The summed E-state index contributed by atoms with van der Waals surface area (Å²) in [6.45, 7) is 10.2. The molecular weight excluding hydrogens is 286 g/mol. The zero-order chi connectivity index (χ0) is 15.6. The van der Waals surface area contributed by atoms with Crippen LogP contribution < -0.4 is 0 Å². The molecule has 4 nitrogen and oxygen atoms in total. The average molecular weight is 315 g/mol. The van der Waals surface area contributed by atoms with Crippen LogP contribution in [0.15, 0.2) is 30.3 Å². The van der Waals surface area contributed by atoms with Crippen LogP contribution in [0.25, 0.3) is 0 Å². The average Bonchev–Trinajstić information content (AvgIpc) is 3.10. The van der Waals surface area contributed by atoms with Crippen molar-refractivity contribution in [1.29, 1.82) is 0 Å². The van der Waals surface area contributed by atoms with Gasteiger partial charge < -0.3 is 9.64 Å². The fraction of sp³-hybridized carbons (Fsp3) is 0.684. The van der Waals surface area contributed by atoms with E-state index in [1.807, 2.05) is 0 Å². The summed E-state index contributed by atoms with van der Waals surface area (Å²) in [5.41, 5.74) is 1.50. The fourth-order valence-corrected chi connectivity index (χ4v) is 4.79. The third-order valence-corrected chi connectivity index (χ3v) is 5.95. The Kier molecular flexibility index (Phi) is 4.67. The highest BCUT2D eigenvalue weighted by molar-refractivity contribution is 5.22. The lowest BCUT2D eigenvalue weighted by Gasteiger charge is -2.30. The lowest BCUT2D eigenvalue weighted by Crippen LogP contribution is -2.41. The monoisotopic (exact) mass is 315 g/mol. The van der Waals surface area contributed by atoms with Gasteiger partial charge >= 0.3 is 0 Å². The molecule has 0 saturated carbocycles. The van der Waals surface area contributed by atoms with E-state index < -0.39 is 0 Å². The molecule has 0 bridgehead atoms. The van der Waals surface area contributed by atoms with Gasteiger partial charge in [-0.15, -0.1) is 0 Å². The number of likely N-dealkylation sites (tertiary alicyclic amines) is 2. The zero-order valence-corrected chi connectivity index (χ0v) is 14.2. The normalized spacial score (nSPS) is 33.2. The zero-order valence-electron chi connectivity index (χ0n) is 14.2. The minimum atomic E-state index is 0.606. The number of hydrogen-bond acceptors (Lipinski definition) is 4. The molecule has 1 aromatic carbocycles. The lowest BCUT2D eigenvalue weighted by atomic mass is 9.90. The SMILES string of the molecule is CN1C[C@H]2CN(CCN3CCOCC3)C[C@H]2[C@@H]1c1ccccc1. The predicted molar refractivity (Wildman–Crippen MR) is 92.5 cm³/mol. The van der Waals surface area contributed by atoms with Gasteiger partial charge in [0.25, 0.3) is 0 Å². The Morgan fingerprint density at radius 3 is 2.48 bits per heavy atom. The van der Waals surface area contributed by atoms with E-state index in [9.17, 15) is 0 Å². The number of morpholine rings is 1. The summed E-state index contributed by atoms with van der Waals surface area (Å²) in [7, 11) is 2.30. The maximum absolute atomic E-state index is 5.45. The molecule has 3 atom stereocenters. The lowest BCUT2D eigenvalue weighted by molar-refractivity contribution is 0.0338. The second-order valence-corrected chi connectivity index (χ2v) is 7.43. The highest BCUT2D eigenvalue weighted by atomic mass is 16.5.